The molecule has 0 aromatic carbocycles. The topological polar surface area (TPSA) is 61.9 Å². The SMILES string of the molecule is CNc1n[c]nc(NC)c1NC. The largest absolute Gasteiger partial charge is 0.382 e. The highest BCUT2D eigenvalue weighted by atomic mass is 15.1. The molecule has 0 spiro atoms. The second-order valence-corrected chi connectivity index (χ2v) is 2.15. The highest BCUT2D eigenvalue weighted by molar-refractivity contribution is 5.76. The lowest BCUT2D eigenvalue weighted by atomic mass is 10.4. The van der Waals surface area contributed by atoms with Gasteiger partial charge in [0.1, 0.15) is 5.69 Å². The lowest BCUT2D eigenvalue weighted by molar-refractivity contribution is 1.13. The van der Waals surface area contributed by atoms with Gasteiger partial charge in [-0.05, 0) is 0 Å². The van der Waals surface area contributed by atoms with E-state index in [9.17, 15) is 0 Å². The molecule has 1 radical (unpaired) electrons. The van der Waals surface area contributed by atoms with Crippen molar-refractivity contribution in [3.05, 3.63) is 6.33 Å². The molecule has 12 heavy (non-hydrogen) atoms. The van der Waals surface area contributed by atoms with E-state index in [-0.39, 0.29) is 0 Å². The van der Waals surface area contributed by atoms with E-state index in [0.29, 0.717) is 0 Å². The molecule has 5 heteroatoms. The average Bonchev–Trinajstić information content (AvgIpc) is 2.16. The van der Waals surface area contributed by atoms with E-state index in [1.54, 1.807) is 14.1 Å². The fraction of sp³-hybridized carbons (Fsp3) is 0.429. The van der Waals surface area contributed by atoms with Crippen molar-refractivity contribution in [2.24, 2.45) is 0 Å². The summed E-state index contributed by atoms with van der Waals surface area (Å²) in [4.78, 5) is 7.85. The van der Waals surface area contributed by atoms with E-state index >= 15 is 0 Å². The fourth-order valence-electron chi connectivity index (χ4n) is 0.948. The van der Waals surface area contributed by atoms with E-state index in [2.05, 4.69) is 32.2 Å². The van der Waals surface area contributed by atoms with Crippen molar-refractivity contribution >= 4 is 17.3 Å². The zero-order valence-corrected chi connectivity index (χ0v) is 7.39. The molecule has 0 saturated carbocycles. The summed E-state index contributed by atoms with van der Waals surface area (Å²) in [7, 11) is 5.42. The molecule has 0 atom stereocenters. The molecule has 1 aromatic rings. The summed E-state index contributed by atoms with van der Waals surface area (Å²) >= 11 is 0. The third-order valence-electron chi connectivity index (χ3n) is 1.52. The molecule has 0 aliphatic heterocycles. The molecule has 1 heterocycles. The Morgan fingerprint density at radius 1 is 0.917 bits per heavy atom. The van der Waals surface area contributed by atoms with Gasteiger partial charge < -0.3 is 16.0 Å². The van der Waals surface area contributed by atoms with Gasteiger partial charge in [-0.2, -0.15) is 0 Å². The molecule has 5 nitrogen and oxygen atoms in total. The molecule has 1 rings (SSSR count). The molecule has 0 aliphatic rings. The summed E-state index contributed by atoms with van der Waals surface area (Å²) in [6.45, 7) is 0. The molecular weight excluding hydrogens is 154 g/mol. The number of rotatable bonds is 3. The Balaban J connectivity index is 3.13. The van der Waals surface area contributed by atoms with Crippen molar-refractivity contribution in [3.63, 3.8) is 0 Å². The molecule has 0 saturated heterocycles. The van der Waals surface area contributed by atoms with Gasteiger partial charge >= 0.3 is 0 Å². The lowest BCUT2D eigenvalue weighted by Gasteiger charge is -2.10. The van der Waals surface area contributed by atoms with Crippen molar-refractivity contribution in [2.75, 3.05) is 37.1 Å². The second kappa shape index (κ2) is 3.75. The van der Waals surface area contributed by atoms with E-state index in [1.807, 2.05) is 7.05 Å². The van der Waals surface area contributed by atoms with Gasteiger partial charge in [-0.25, -0.2) is 9.97 Å². The first-order chi connectivity index (χ1) is 5.83. The van der Waals surface area contributed by atoms with Crippen molar-refractivity contribution in [1.82, 2.24) is 9.97 Å². The van der Waals surface area contributed by atoms with E-state index in [1.165, 1.54) is 0 Å². The van der Waals surface area contributed by atoms with Crippen LogP contribution in [0.4, 0.5) is 17.3 Å². The Labute approximate surface area is 71.6 Å². The normalized spacial score (nSPS) is 9.25. The van der Waals surface area contributed by atoms with Crippen LogP contribution in [0.15, 0.2) is 0 Å². The zero-order valence-electron chi connectivity index (χ0n) is 7.39. The minimum Gasteiger partial charge on any atom is -0.382 e. The van der Waals surface area contributed by atoms with Crippen molar-refractivity contribution in [2.45, 2.75) is 0 Å². The van der Waals surface area contributed by atoms with Gasteiger partial charge in [0.25, 0.3) is 0 Å². The maximum absolute atomic E-state index is 3.93. The Morgan fingerprint density at radius 3 is 1.75 bits per heavy atom. The molecule has 3 N–H and O–H groups in total. The predicted octanol–water partition coefficient (Wildman–Crippen LogP) is 0.402. The number of anilines is 3. The van der Waals surface area contributed by atoms with Gasteiger partial charge in [0.2, 0.25) is 6.33 Å². The molecule has 0 fully saturated rings. The van der Waals surface area contributed by atoms with E-state index < -0.39 is 0 Å². The van der Waals surface area contributed by atoms with Gasteiger partial charge in [-0.1, -0.05) is 0 Å². The minimum atomic E-state index is 0.733. The number of nitrogens with one attached hydrogen (secondary N) is 3. The molecule has 0 aliphatic carbocycles. The van der Waals surface area contributed by atoms with Crippen LogP contribution in [0, 0.1) is 6.33 Å². The number of aromatic nitrogens is 2. The van der Waals surface area contributed by atoms with Crippen LogP contribution in [0.25, 0.3) is 0 Å². The third kappa shape index (κ3) is 1.39. The summed E-state index contributed by atoms with van der Waals surface area (Å²) in [5, 5.41) is 8.87. The van der Waals surface area contributed by atoms with Gasteiger partial charge in [0, 0.05) is 21.1 Å². The van der Waals surface area contributed by atoms with Crippen LogP contribution >= 0.6 is 0 Å². The van der Waals surface area contributed by atoms with Gasteiger partial charge in [0.05, 0.1) is 0 Å². The summed E-state index contributed by atoms with van der Waals surface area (Å²) in [5.41, 5.74) is 0.846. The highest BCUT2D eigenvalue weighted by Gasteiger charge is 2.06. The lowest BCUT2D eigenvalue weighted by Crippen LogP contribution is -2.05. The molecule has 0 bridgehead atoms. The first kappa shape index (κ1) is 8.58. The molecule has 0 amide bonds. The van der Waals surface area contributed by atoms with E-state index in [4.69, 9.17) is 0 Å². The van der Waals surface area contributed by atoms with Crippen LogP contribution in [-0.2, 0) is 0 Å². The van der Waals surface area contributed by atoms with Crippen LogP contribution in [-0.4, -0.2) is 31.1 Å². The molecule has 1 aromatic heterocycles. The summed E-state index contributed by atoms with van der Waals surface area (Å²) in [6, 6.07) is 0. The minimum absolute atomic E-state index is 0.733. The van der Waals surface area contributed by atoms with Crippen LogP contribution in [0.2, 0.25) is 0 Å². The standard InChI is InChI=1S/C7H12N5/c1-8-5-6(9-2)11-4-12-7(5)10-3/h8H,1-3H3,(H2,9,10,11,12). The van der Waals surface area contributed by atoms with Gasteiger partial charge in [0.15, 0.2) is 11.6 Å². The van der Waals surface area contributed by atoms with Crippen LogP contribution in [0.5, 0.6) is 0 Å². The average molecular weight is 166 g/mol. The monoisotopic (exact) mass is 166 g/mol. The Kier molecular flexibility index (Phi) is 2.68. The Hall–Kier alpha value is -1.52. The smallest absolute Gasteiger partial charge is 0.201 e. The summed E-state index contributed by atoms with van der Waals surface area (Å²) in [5.74, 6) is 1.47. The summed E-state index contributed by atoms with van der Waals surface area (Å²) < 4.78 is 0. The first-order valence-corrected chi connectivity index (χ1v) is 3.64. The first-order valence-electron chi connectivity index (χ1n) is 3.64. The third-order valence-corrected chi connectivity index (χ3v) is 1.52. The Bertz CT molecular complexity index is 238. The second-order valence-electron chi connectivity index (χ2n) is 2.15. The molecule has 65 valence electrons. The van der Waals surface area contributed by atoms with Crippen LogP contribution in [0.3, 0.4) is 0 Å². The van der Waals surface area contributed by atoms with Gasteiger partial charge in [-0.15, -0.1) is 0 Å². The van der Waals surface area contributed by atoms with Crippen molar-refractivity contribution in [3.8, 4) is 0 Å². The Morgan fingerprint density at radius 2 is 1.42 bits per heavy atom. The maximum atomic E-state index is 3.93. The predicted molar refractivity (Wildman–Crippen MR) is 49.5 cm³/mol. The number of hydrogen-bond acceptors (Lipinski definition) is 5. The van der Waals surface area contributed by atoms with Crippen molar-refractivity contribution in [1.29, 1.82) is 0 Å². The van der Waals surface area contributed by atoms with E-state index in [0.717, 1.165) is 17.3 Å². The van der Waals surface area contributed by atoms with Crippen LogP contribution < -0.4 is 16.0 Å². The van der Waals surface area contributed by atoms with Gasteiger partial charge in [-0.3, -0.25) is 0 Å². The molecular formula is C7H12N5. The number of hydrogen-bond donors (Lipinski definition) is 3. The zero-order chi connectivity index (χ0) is 8.97. The quantitative estimate of drug-likeness (QED) is 0.606. The molecule has 0 unspecified atom stereocenters. The van der Waals surface area contributed by atoms with Crippen LogP contribution in [0.1, 0.15) is 0 Å². The maximum Gasteiger partial charge on any atom is 0.201 e. The summed E-state index contributed by atoms with van der Waals surface area (Å²) in [6.07, 6.45) is 2.54. The fourth-order valence-corrected chi connectivity index (χ4v) is 0.948. The number of nitrogens with zero attached hydrogens (tertiary/aromatic N) is 2. The van der Waals surface area contributed by atoms with Crippen molar-refractivity contribution < 1.29 is 0 Å². The highest BCUT2D eigenvalue weighted by Crippen LogP contribution is 2.23.